The molecule has 606 valence electrons. The fraction of sp³-hybridized carbons (Fsp3) is 0.678. The Bertz CT molecular complexity index is 2580. The Morgan fingerprint density at radius 2 is 0.491 bits per heavy atom. The van der Waals surface area contributed by atoms with Crippen LogP contribution in [0.2, 0.25) is 0 Å². The highest BCUT2D eigenvalue weighted by atomic mass is 31.2. The summed E-state index contributed by atoms with van der Waals surface area (Å²) in [5.41, 5.74) is 0. The number of phosphoric acid groups is 2. The molecule has 0 spiro atoms. The minimum Gasteiger partial charge on any atom is -0.462 e. The molecule has 5 atom stereocenters. The zero-order valence-corrected chi connectivity index (χ0v) is 68.1. The van der Waals surface area contributed by atoms with Gasteiger partial charge in [0.2, 0.25) is 0 Å². The van der Waals surface area contributed by atoms with E-state index >= 15 is 0 Å². The Morgan fingerprint density at radius 1 is 0.274 bits per heavy atom. The first-order valence-electron chi connectivity index (χ1n) is 41.1. The smallest absolute Gasteiger partial charge is 0.462 e. The van der Waals surface area contributed by atoms with E-state index in [1.807, 2.05) is 0 Å². The molecule has 106 heavy (non-hydrogen) atoms. The van der Waals surface area contributed by atoms with Crippen molar-refractivity contribution in [2.45, 2.75) is 341 Å². The summed E-state index contributed by atoms with van der Waals surface area (Å²) in [5.74, 6) is -2.26. The summed E-state index contributed by atoms with van der Waals surface area (Å²) in [6, 6.07) is 0. The van der Waals surface area contributed by atoms with Gasteiger partial charge in [-0.25, -0.2) is 9.13 Å². The van der Waals surface area contributed by atoms with Crippen molar-refractivity contribution in [3.63, 3.8) is 0 Å². The molecule has 3 N–H and O–H groups in total. The van der Waals surface area contributed by atoms with Gasteiger partial charge in [0.1, 0.15) is 19.3 Å². The van der Waals surface area contributed by atoms with E-state index in [-0.39, 0.29) is 25.7 Å². The number of hydrogen-bond donors (Lipinski definition) is 3. The lowest BCUT2D eigenvalue weighted by molar-refractivity contribution is -0.161. The number of hydrogen-bond acceptors (Lipinski definition) is 15. The van der Waals surface area contributed by atoms with E-state index in [1.54, 1.807) is 0 Å². The fourth-order valence-corrected chi connectivity index (χ4v) is 12.1. The third kappa shape index (κ3) is 77.1. The van der Waals surface area contributed by atoms with Gasteiger partial charge in [0.05, 0.1) is 26.4 Å². The van der Waals surface area contributed by atoms with Crippen molar-refractivity contribution in [2.24, 2.45) is 0 Å². The maximum atomic E-state index is 13.1. The molecular formula is C87H146O17P2. The summed E-state index contributed by atoms with van der Waals surface area (Å²) in [7, 11) is -9.99. The van der Waals surface area contributed by atoms with Crippen LogP contribution in [-0.2, 0) is 65.4 Å². The van der Waals surface area contributed by atoms with Gasteiger partial charge in [-0.2, -0.15) is 0 Å². The molecule has 0 amide bonds. The molecule has 0 aromatic heterocycles. The van der Waals surface area contributed by atoms with Gasteiger partial charge in [0, 0.05) is 25.7 Å². The number of phosphoric ester groups is 2. The molecule has 0 aliphatic carbocycles. The second kappa shape index (κ2) is 78.1. The molecule has 0 saturated carbocycles. The van der Waals surface area contributed by atoms with Gasteiger partial charge < -0.3 is 33.8 Å². The highest BCUT2D eigenvalue weighted by Gasteiger charge is 2.30. The summed E-state index contributed by atoms with van der Waals surface area (Å²) in [4.78, 5) is 73.1. The van der Waals surface area contributed by atoms with Crippen LogP contribution >= 0.6 is 15.6 Å². The van der Waals surface area contributed by atoms with Crippen LogP contribution in [0.25, 0.3) is 0 Å². The van der Waals surface area contributed by atoms with Crippen LogP contribution < -0.4 is 0 Å². The van der Waals surface area contributed by atoms with Crippen molar-refractivity contribution in [1.29, 1.82) is 0 Å². The normalized spacial score (nSPS) is 14.6. The molecule has 0 rings (SSSR count). The standard InChI is InChI=1S/C87H146O17P2/c1-5-9-13-17-21-25-29-33-36-38-40-42-45-48-51-55-59-63-67-71-84(89)97-77-82(103-86(91)73-69-65-61-57-53-47-32-28-24-20-16-12-8-4)79-101-105(93,94)99-75-81(88)76-100-106(95,96)102-80-83(104-87(92)74-70-66-62-58-54-50-44-35-31-27-23-19-15-11-7-3)78-98-85(90)72-68-64-60-56-52-49-46-43-41-39-37-34-30-26-22-18-14-10-6-2/h10-11,14-15,21-23,25-28,32-37,40-44,54,58,81-83,88H,5-9,12-13,16-20,24,29-31,38-39,45-53,55-57,59-80H2,1-4H3,(H,93,94)(H,95,96)/b14-10-,15-11-,25-21-,26-22-,27-23-,32-28-,36-33-,37-34-,42-40-,43-41-,44-35-,58-54-. The Labute approximate surface area is 643 Å². The molecule has 0 aliphatic heterocycles. The lowest BCUT2D eigenvalue weighted by Crippen LogP contribution is -2.30. The molecule has 19 heteroatoms. The van der Waals surface area contributed by atoms with Crippen molar-refractivity contribution in [2.75, 3.05) is 39.6 Å². The van der Waals surface area contributed by atoms with Crippen LogP contribution in [0.3, 0.4) is 0 Å². The first-order chi connectivity index (χ1) is 51.7. The van der Waals surface area contributed by atoms with Gasteiger partial charge in [-0.05, 0) is 167 Å². The minimum absolute atomic E-state index is 0.0350. The zero-order valence-electron chi connectivity index (χ0n) is 66.3. The maximum Gasteiger partial charge on any atom is 0.472 e. The van der Waals surface area contributed by atoms with Crippen molar-refractivity contribution < 1.29 is 80.2 Å². The molecule has 0 aromatic rings. The second-order valence-electron chi connectivity index (χ2n) is 26.9. The van der Waals surface area contributed by atoms with Crippen molar-refractivity contribution in [1.82, 2.24) is 0 Å². The van der Waals surface area contributed by atoms with E-state index in [9.17, 15) is 43.2 Å². The predicted octanol–water partition coefficient (Wildman–Crippen LogP) is 24.2. The summed E-state index contributed by atoms with van der Waals surface area (Å²) in [6.45, 7) is 4.53. The molecule has 0 heterocycles. The molecule has 17 nitrogen and oxygen atoms in total. The molecule has 0 aromatic carbocycles. The summed E-state index contributed by atoms with van der Waals surface area (Å²) in [5, 5.41) is 10.7. The SMILES string of the molecule is CC/C=C\C/C=C\C/C=C\C/C=C\CCCCCCCCC(=O)OCC(COP(=O)(O)OCC(O)COP(=O)(O)OCC(COC(=O)CCCCCCCC/C=C\C/C=C\C/C=C\CCCCC)OC(=O)CCCCCCC/C=C\CCCCCC)OC(=O)CCCC/C=C\C/C=C\C/C=C\C/C=C\CC. The Morgan fingerprint density at radius 3 is 0.802 bits per heavy atom. The lowest BCUT2D eigenvalue weighted by atomic mass is 10.1. The van der Waals surface area contributed by atoms with Crippen LogP contribution in [0, 0.1) is 0 Å². The third-order valence-corrected chi connectivity index (χ3v) is 18.7. The molecule has 0 aliphatic rings. The molecule has 0 bridgehead atoms. The zero-order chi connectivity index (χ0) is 77.4. The number of carbonyl (C=O) groups excluding carboxylic acids is 4. The molecule has 5 unspecified atom stereocenters. The molecular weight excluding hydrogens is 1380 g/mol. The number of rotatable bonds is 76. The Hall–Kier alpha value is -5.06. The van der Waals surface area contributed by atoms with E-state index in [0.29, 0.717) is 32.1 Å². The van der Waals surface area contributed by atoms with Gasteiger partial charge >= 0.3 is 39.5 Å². The monoisotopic (exact) mass is 1530 g/mol. The Balaban J connectivity index is 5.40. The van der Waals surface area contributed by atoms with Gasteiger partial charge in [0.25, 0.3) is 0 Å². The average Bonchev–Trinajstić information content (AvgIpc) is 0.933. The summed E-state index contributed by atoms with van der Waals surface area (Å²) < 4.78 is 68.6. The highest BCUT2D eigenvalue weighted by Crippen LogP contribution is 2.45. The molecule has 0 saturated heterocycles. The highest BCUT2D eigenvalue weighted by molar-refractivity contribution is 7.47. The number of aliphatic hydroxyl groups excluding tert-OH is 1. The van der Waals surface area contributed by atoms with Gasteiger partial charge in [0.15, 0.2) is 12.2 Å². The number of unbranched alkanes of at least 4 members (excludes halogenated alkanes) is 26. The third-order valence-electron chi connectivity index (χ3n) is 16.8. The second-order valence-corrected chi connectivity index (χ2v) is 29.8. The lowest BCUT2D eigenvalue weighted by Gasteiger charge is -2.21. The number of esters is 4. The van der Waals surface area contributed by atoms with Crippen LogP contribution in [0.4, 0.5) is 0 Å². The van der Waals surface area contributed by atoms with Crippen LogP contribution in [0.5, 0.6) is 0 Å². The fourth-order valence-electron chi connectivity index (χ4n) is 10.6. The van der Waals surface area contributed by atoms with Crippen molar-refractivity contribution in [3.8, 4) is 0 Å². The largest absolute Gasteiger partial charge is 0.472 e. The molecule has 0 fully saturated rings. The van der Waals surface area contributed by atoms with Crippen molar-refractivity contribution in [3.05, 3.63) is 146 Å². The predicted molar refractivity (Wildman–Crippen MR) is 436 cm³/mol. The van der Waals surface area contributed by atoms with Crippen LogP contribution in [0.1, 0.15) is 323 Å². The number of aliphatic hydroxyl groups is 1. The maximum absolute atomic E-state index is 13.1. The van der Waals surface area contributed by atoms with E-state index < -0.39 is 97.5 Å². The number of allylic oxidation sites excluding steroid dienone is 24. The average molecular weight is 1530 g/mol. The first-order valence-corrected chi connectivity index (χ1v) is 44.1. The number of carbonyl (C=O) groups is 4. The van der Waals surface area contributed by atoms with E-state index in [0.717, 1.165) is 193 Å². The van der Waals surface area contributed by atoms with E-state index in [1.165, 1.54) is 44.9 Å². The van der Waals surface area contributed by atoms with Crippen LogP contribution in [0.15, 0.2) is 146 Å². The van der Waals surface area contributed by atoms with Gasteiger partial charge in [-0.1, -0.05) is 276 Å². The first kappa shape index (κ1) is 101. The van der Waals surface area contributed by atoms with Crippen molar-refractivity contribution >= 4 is 39.5 Å². The van der Waals surface area contributed by atoms with E-state index in [2.05, 4.69) is 174 Å². The topological polar surface area (TPSA) is 237 Å². The minimum atomic E-state index is -5.00. The van der Waals surface area contributed by atoms with Crippen LogP contribution in [-0.4, -0.2) is 96.7 Å². The quantitative estimate of drug-likeness (QED) is 0.0169. The summed E-state index contributed by atoms with van der Waals surface area (Å²) in [6.07, 6.45) is 89.6. The Kier molecular flexibility index (Phi) is 74.3. The number of ether oxygens (including phenoxy) is 4. The van der Waals surface area contributed by atoms with Gasteiger partial charge in [-0.3, -0.25) is 37.3 Å². The van der Waals surface area contributed by atoms with E-state index in [4.69, 9.17) is 37.0 Å². The molecule has 0 radical (unpaired) electrons. The summed E-state index contributed by atoms with van der Waals surface area (Å²) >= 11 is 0. The van der Waals surface area contributed by atoms with Gasteiger partial charge in [-0.15, -0.1) is 0 Å².